The second-order valence-electron chi connectivity index (χ2n) is 2.45. The summed E-state index contributed by atoms with van der Waals surface area (Å²) in [5.41, 5.74) is -0.799. The molecule has 0 aliphatic rings. The van der Waals surface area contributed by atoms with Gasteiger partial charge in [-0.1, -0.05) is 11.8 Å². The zero-order valence-corrected chi connectivity index (χ0v) is 8.44. The molecule has 3 N–H and O–H groups in total. The van der Waals surface area contributed by atoms with Crippen molar-refractivity contribution in [2.24, 2.45) is 0 Å². The van der Waals surface area contributed by atoms with Gasteiger partial charge in [-0.05, 0) is 6.26 Å². The maximum atomic E-state index is 11.3. The lowest BCUT2D eigenvalue weighted by atomic mass is 10.5. The Bertz CT molecular complexity index is 415. The van der Waals surface area contributed by atoms with Gasteiger partial charge < -0.3 is 10.4 Å². The maximum Gasteiger partial charge on any atom is 0.279 e. The minimum Gasteiger partial charge on any atom is -0.492 e. The first-order chi connectivity index (χ1) is 6.54. The Kier molecular flexibility index (Phi) is 3.13. The molecule has 1 amide bonds. The molecule has 1 heterocycles. The van der Waals surface area contributed by atoms with Crippen LogP contribution in [0.15, 0.2) is 9.95 Å². The number of carbonyl (C=O) groups excluding carboxylic acids is 1. The van der Waals surface area contributed by atoms with E-state index in [0.29, 0.717) is 5.16 Å². The van der Waals surface area contributed by atoms with Gasteiger partial charge in [0.15, 0.2) is 10.8 Å². The first-order valence-electron chi connectivity index (χ1n) is 3.69. The lowest BCUT2D eigenvalue weighted by Gasteiger charge is -2.03. The summed E-state index contributed by atoms with van der Waals surface area (Å²) in [6.45, 7) is 1.24. The highest BCUT2D eigenvalue weighted by atomic mass is 32.2. The Balaban J connectivity index is 3.18. The number of amides is 1. The molecule has 7 heteroatoms. The number of nitrogens with zero attached hydrogens (tertiary/aromatic N) is 1. The van der Waals surface area contributed by atoms with Crippen LogP contribution in [0.25, 0.3) is 0 Å². The van der Waals surface area contributed by atoms with E-state index in [2.05, 4.69) is 15.3 Å². The molecule has 0 aliphatic carbocycles. The van der Waals surface area contributed by atoms with E-state index in [9.17, 15) is 14.7 Å². The van der Waals surface area contributed by atoms with Crippen molar-refractivity contribution in [3.63, 3.8) is 0 Å². The van der Waals surface area contributed by atoms with E-state index in [0.717, 1.165) is 0 Å². The van der Waals surface area contributed by atoms with Crippen molar-refractivity contribution in [1.29, 1.82) is 0 Å². The van der Waals surface area contributed by atoms with Gasteiger partial charge >= 0.3 is 0 Å². The van der Waals surface area contributed by atoms with Crippen molar-refractivity contribution in [2.45, 2.75) is 12.1 Å². The van der Waals surface area contributed by atoms with E-state index in [1.807, 2.05) is 0 Å². The van der Waals surface area contributed by atoms with Gasteiger partial charge in [-0.2, -0.15) is 4.98 Å². The molecule has 0 radical (unpaired) electrons. The smallest absolute Gasteiger partial charge is 0.279 e. The minimum atomic E-state index is -0.572. The van der Waals surface area contributed by atoms with Crippen LogP contribution in [-0.2, 0) is 4.79 Å². The molecule has 14 heavy (non-hydrogen) atoms. The first kappa shape index (κ1) is 10.6. The molecule has 1 aromatic rings. The molecule has 1 rings (SSSR count). The summed E-state index contributed by atoms with van der Waals surface area (Å²) in [5.74, 6) is -0.919. The molecule has 0 bridgehead atoms. The Morgan fingerprint density at radius 1 is 1.64 bits per heavy atom. The van der Waals surface area contributed by atoms with Gasteiger partial charge in [0, 0.05) is 6.92 Å². The molecule has 0 aliphatic heterocycles. The Morgan fingerprint density at radius 3 is 2.71 bits per heavy atom. The second-order valence-corrected chi connectivity index (χ2v) is 3.25. The average molecular weight is 215 g/mol. The van der Waals surface area contributed by atoms with Crippen molar-refractivity contribution < 1.29 is 9.90 Å². The number of aromatic hydroxyl groups is 1. The number of H-pyrrole nitrogens is 1. The number of carbonyl (C=O) groups is 1. The fourth-order valence-electron chi connectivity index (χ4n) is 0.827. The maximum absolute atomic E-state index is 11.3. The SMILES string of the molecule is CSc1nc(O)c(NC(C)=O)c(=O)[nH]1. The van der Waals surface area contributed by atoms with Crippen LogP contribution < -0.4 is 10.9 Å². The number of aromatic nitrogens is 2. The Hall–Kier alpha value is -1.50. The summed E-state index contributed by atoms with van der Waals surface area (Å²) in [6, 6.07) is 0. The lowest BCUT2D eigenvalue weighted by Crippen LogP contribution is -2.18. The highest BCUT2D eigenvalue weighted by Crippen LogP contribution is 2.17. The molecule has 6 nitrogen and oxygen atoms in total. The Morgan fingerprint density at radius 2 is 2.29 bits per heavy atom. The zero-order chi connectivity index (χ0) is 10.7. The highest BCUT2D eigenvalue weighted by Gasteiger charge is 2.10. The topological polar surface area (TPSA) is 95.1 Å². The standard InChI is InChI=1S/C7H9N3O3S/c1-3(11)8-4-5(12)9-7(14-2)10-6(4)13/h1-2H3,(H,8,11)(H2,9,10,12,13). The van der Waals surface area contributed by atoms with Crippen LogP contribution in [0, 0.1) is 0 Å². The number of rotatable bonds is 2. The molecule has 0 aromatic carbocycles. The van der Waals surface area contributed by atoms with Crippen molar-refractivity contribution in [3.8, 4) is 5.88 Å². The molecule has 1 aromatic heterocycles. The van der Waals surface area contributed by atoms with E-state index in [4.69, 9.17) is 0 Å². The molecule has 0 unspecified atom stereocenters. The molecule has 0 saturated heterocycles. The van der Waals surface area contributed by atoms with E-state index >= 15 is 0 Å². The van der Waals surface area contributed by atoms with Crippen LogP contribution in [-0.4, -0.2) is 27.2 Å². The number of thioether (sulfide) groups is 1. The minimum absolute atomic E-state index is 0.227. The summed E-state index contributed by atoms with van der Waals surface area (Å²) in [4.78, 5) is 28.0. The van der Waals surface area contributed by atoms with Gasteiger partial charge in [0.25, 0.3) is 5.56 Å². The van der Waals surface area contributed by atoms with Crippen LogP contribution in [0.1, 0.15) is 6.92 Å². The summed E-state index contributed by atoms with van der Waals surface area (Å²) < 4.78 is 0. The molecular formula is C7H9N3O3S. The largest absolute Gasteiger partial charge is 0.492 e. The van der Waals surface area contributed by atoms with Gasteiger partial charge in [0.05, 0.1) is 0 Å². The number of hydrogen-bond donors (Lipinski definition) is 3. The van der Waals surface area contributed by atoms with Gasteiger partial charge in [-0.15, -0.1) is 0 Å². The lowest BCUT2D eigenvalue weighted by molar-refractivity contribution is -0.114. The molecule has 0 spiro atoms. The fourth-order valence-corrected chi connectivity index (χ4v) is 1.20. The molecule has 0 saturated carbocycles. The second kappa shape index (κ2) is 4.14. The van der Waals surface area contributed by atoms with Gasteiger partial charge in [-0.3, -0.25) is 14.6 Å². The van der Waals surface area contributed by atoms with Crippen molar-refractivity contribution >= 4 is 23.4 Å². The predicted molar refractivity (Wildman–Crippen MR) is 52.6 cm³/mol. The van der Waals surface area contributed by atoms with Crippen molar-refractivity contribution in [2.75, 3.05) is 11.6 Å². The predicted octanol–water partition coefficient (Wildman–Crippen LogP) is 0.156. The zero-order valence-electron chi connectivity index (χ0n) is 7.62. The van der Waals surface area contributed by atoms with Gasteiger partial charge in [-0.25, -0.2) is 0 Å². The normalized spacial score (nSPS) is 9.86. The summed E-state index contributed by atoms with van der Waals surface area (Å²) >= 11 is 1.19. The first-order valence-corrected chi connectivity index (χ1v) is 4.92. The fraction of sp³-hybridized carbons (Fsp3) is 0.286. The van der Waals surface area contributed by atoms with Crippen LogP contribution in [0.3, 0.4) is 0 Å². The average Bonchev–Trinajstić information content (AvgIpc) is 2.10. The summed E-state index contributed by atoms with van der Waals surface area (Å²) in [5, 5.41) is 11.8. The van der Waals surface area contributed by atoms with Gasteiger partial charge in [0.2, 0.25) is 11.8 Å². The molecule has 0 fully saturated rings. The Labute approximate surface area is 83.8 Å². The van der Waals surface area contributed by atoms with E-state index in [-0.39, 0.29) is 5.69 Å². The third kappa shape index (κ3) is 2.25. The third-order valence-corrected chi connectivity index (χ3v) is 1.95. The third-order valence-electron chi connectivity index (χ3n) is 1.37. The molecular weight excluding hydrogens is 206 g/mol. The monoisotopic (exact) mass is 215 g/mol. The summed E-state index contributed by atoms with van der Waals surface area (Å²) in [7, 11) is 0. The molecule has 0 atom stereocenters. The van der Waals surface area contributed by atoms with Crippen LogP contribution in [0.5, 0.6) is 5.88 Å². The van der Waals surface area contributed by atoms with Crippen molar-refractivity contribution in [1.82, 2.24) is 9.97 Å². The quantitative estimate of drug-likeness (QED) is 0.482. The summed E-state index contributed by atoms with van der Waals surface area (Å²) in [6.07, 6.45) is 1.70. The van der Waals surface area contributed by atoms with Crippen LogP contribution in [0.2, 0.25) is 0 Å². The van der Waals surface area contributed by atoms with Crippen LogP contribution >= 0.6 is 11.8 Å². The highest BCUT2D eigenvalue weighted by molar-refractivity contribution is 7.98. The van der Waals surface area contributed by atoms with E-state index in [1.165, 1.54) is 18.7 Å². The van der Waals surface area contributed by atoms with Crippen LogP contribution in [0.4, 0.5) is 5.69 Å². The molecule has 76 valence electrons. The number of aromatic amines is 1. The number of nitrogens with one attached hydrogen (secondary N) is 2. The van der Waals surface area contributed by atoms with E-state index in [1.54, 1.807) is 6.26 Å². The van der Waals surface area contributed by atoms with Gasteiger partial charge in [0.1, 0.15) is 0 Å². The number of hydrogen-bond acceptors (Lipinski definition) is 5. The van der Waals surface area contributed by atoms with E-state index < -0.39 is 17.3 Å². The number of anilines is 1. The van der Waals surface area contributed by atoms with Crippen molar-refractivity contribution in [3.05, 3.63) is 10.4 Å².